The number of nitrogens with one attached hydrogen (secondary N) is 1. The van der Waals surface area contributed by atoms with Crippen molar-refractivity contribution in [2.75, 3.05) is 11.9 Å². The number of hydrogen-bond donors (Lipinski definition) is 1. The van der Waals surface area contributed by atoms with Crippen molar-refractivity contribution in [2.24, 2.45) is 5.92 Å². The molecule has 0 bridgehead atoms. The number of amides is 1. The number of rotatable bonds is 10. The Balaban J connectivity index is 1.53. The molecule has 0 saturated carbocycles. The zero-order chi connectivity index (χ0) is 30.4. The van der Waals surface area contributed by atoms with Crippen molar-refractivity contribution in [1.29, 1.82) is 0 Å². The molecule has 5 atom stereocenters. The van der Waals surface area contributed by atoms with Gasteiger partial charge in [-0.25, -0.2) is 0 Å². The van der Waals surface area contributed by atoms with Crippen LogP contribution in [-0.2, 0) is 67.2 Å². The number of anilines is 1. The second kappa shape index (κ2) is 13.4. The average Bonchev–Trinajstić information content (AvgIpc) is 3.36. The fourth-order valence-electron chi connectivity index (χ4n) is 4.75. The van der Waals surface area contributed by atoms with E-state index in [-0.39, 0.29) is 25.7 Å². The van der Waals surface area contributed by atoms with Gasteiger partial charge < -0.3 is 33.7 Å². The van der Waals surface area contributed by atoms with Crippen molar-refractivity contribution >= 4 is 35.5 Å². The maximum atomic E-state index is 12.1. The Hall–Kier alpha value is -4.53. The van der Waals surface area contributed by atoms with E-state index >= 15 is 0 Å². The van der Waals surface area contributed by atoms with Gasteiger partial charge in [0.05, 0.1) is 18.7 Å². The summed E-state index contributed by atoms with van der Waals surface area (Å²) in [5, 5.41) is 11.1. The zero-order valence-corrected chi connectivity index (χ0v) is 23.6. The molecular formula is C27H32N4O11. The molecule has 1 aromatic carbocycles. The molecule has 15 nitrogen and oxygen atoms in total. The Morgan fingerprint density at radius 2 is 1.69 bits per heavy atom. The van der Waals surface area contributed by atoms with Crippen LogP contribution in [-0.4, -0.2) is 76.0 Å². The summed E-state index contributed by atoms with van der Waals surface area (Å²) in [6.45, 7) is 4.37. The van der Waals surface area contributed by atoms with Crippen LogP contribution in [0.5, 0.6) is 5.75 Å². The zero-order valence-electron chi connectivity index (χ0n) is 23.6. The molecule has 5 unspecified atom stereocenters. The highest BCUT2D eigenvalue weighted by Gasteiger charge is 2.51. The highest BCUT2D eigenvalue weighted by molar-refractivity contribution is 5.94. The molecule has 2 aliphatic rings. The van der Waals surface area contributed by atoms with Gasteiger partial charge in [-0.15, -0.1) is 5.10 Å². The highest BCUT2D eigenvalue weighted by atomic mass is 16.7. The Morgan fingerprint density at radius 3 is 2.38 bits per heavy atom. The summed E-state index contributed by atoms with van der Waals surface area (Å²) in [7, 11) is 0. The summed E-state index contributed by atoms with van der Waals surface area (Å²) in [6.07, 6.45) is -2.07. The molecule has 2 aliphatic heterocycles. The Kier molecular flexibility index (Phi) is 9.72. The van der Waals surface area contributed by atoms with Crippen molar-refractivity contribution in [3.05, 3.63) is 35.7 Å². The Labute approximate surface area is 240 Å². The van der Waals surface area contributed by atoms with Crippen LogP contribution >= 0.6 is 0 Å². The number of aryl methyl sites for hydroxylation is 1. The van der Waals surface area contributed by atoms with E-state index in [0.29, 0.717) is 30.0 Å². The van der Waals surface area contributed by atoms with Crippen molar-refractivity contribution in [3.8, 4) is 5.75 Å². The van der Waals surface area contributed by atoms with Gasteiger partial charge in [0.1, 0.15) is 30.8 Å². The standard InChI is InChI=1S/C27H32N4O11/c1-14(32)37-13-23-26(40-16(3)34)25(39-15(2)33)21(27(42-23)41-17(4)35)11-31-10-19(29-30-31)12-38-20-7-5-18-6-8-24(36)28-22(18)9-20/h5,7,9-10,21,23,25-27H,6,8,11-13H2,1-4H3,(H,28,36). The third-order valence-corrected chi connectivity index (χ3v) is 6.46. The number of carbonyl (C=O) groups excluding carboxylic acids is 5. The second-order valence-corrected chi connectivity index (χ2v) is 9.85. The van der Waals surface area contributed by atoms with Gasteiger partial charge in [-0.2, -0.15) is 0 Å². The minimum absolute atomic E-state index is 0.0359. The largest absolute Gasteiger partial charge is 0.487 e. The SMILES string of the molecule is CC(=O)OCC1OC(OC(C)=O)C(Cn2cc(COc3ccc4c(c3)NC(=O)CC4)nn2)C(OC(C)=O)C1OC(C)=O. The molecule has 15 heteroatoms. The number of ether oxygens (including phenoxy) is 6. The fraction of sp³-hybridized carbons (Fsp3) is 0.519. The van der Waals surface area contributed by atoms with Crippen LogP contribution in [0.15, 0.2) is 24.4 Å². The van der Waals surface area contributed by atoms with Gasteiger partial charge in [0.2, 0.25) is 12.2 Å². The lowest BCUT2D eigenvalue weighted by molar-refractivity contribution is -0.286. The molecule has 4 rings (SSSR count). The van der Waals surface area contributed by atoms with Crippen LogP contribution in [0.1, 0.15) is 45.4 Å². The normalized spacial score (nSPS) is 23.1. The van der Waals surface area contributed by atoms with Gasteiger partial charge in [-0.05, 0) is 18.1 Å². The maximum absolute atomic E-state index is 12.1. The minimum Gasteiger partial charge on any atom is -0.487 e. The predicted molar refractivity (Wildman–Crippen MR) is 139 cm³/mol. The van der Waals surface area contributed by atoms with Crippen LogP contribution in [0, 0.1) is 5.92 Å². The van der Waals surface area contributed by atoms with Crippen LogP contribution in [0.25, 0.3) is 0 Å². The quantitative estimate of drug-likeness (QED) is 0.307. The summed E-state index contributed by atoms with van der Waals surface area (Å²) >= 11 is 0. The van der Waals surface area contributed by atoms with Crippen molar-refractivity contribution in [3.63, 3.8) is 0 Å². The van der Waals surface area contributed by atoms with E-state index in [1.807, 2.05) is 6.07 Å². The van der Waals surface area contributed by atoms with Gasteiger partial charge in [0.25, 0.3) is 0 Å². The predicted octanol–water partition coefficient (Wildman–Crippen LogP) is 1.07. The number of nitrogens with zero attached hydrogens (tertiary/aromatic N) is 3. The summed E-state index contributed by atoms with van der Waals surface area (Å²) in [6, 6.07) is 5.43. The van der Waals surface area contributed by atoms with Crippen LogP contribution in [0.4, 0.5) is 5.69 Å². The van der Waals surface area contributed by atoms with E-state index in [1.54, 1.807) is 18.3 Å². The van der Waals surface area contributed by atoms with Gasteiger partial charge in [0, 0.05) is 45.9 Å². The first-order chi connectivity index (χ1) is 20.0. The van der Waals surface area contributed by atoms with Crippen molar-refractivity contribution in [1.82, 2.24) is 15.0 Å². The molecule has 1 fully saturated rings. The molecular weight excluding hydrogens is 556 g/mol. The highest BCUT2D eigenvalue weighted by Crippen LogP contribution is 2.33. The summed E-state index contributed by atoms with van der Waals surface area (Å²) < 4.78 is 34.6. The number of fused-ring (bicyclic) bond motifs is 1. The lowest BCUT2D eigenvalue weighted by atomic mass is 9.90. The fourth-order valence-corrected chi connectivity index (χ4v) is 4.75. The second-order valence-electron chi connectivity index (χ2n) is 9.85. The van der Waals surface area contributed by atoms with E-state index in [0.717, 1.165) is 5.56 Å². The summed E-state index contributed by atoms with van der Waals surface area (Å²) in [4.78, 5) is 59.2. The average molecular weight is 589 g/mol. The third kappa shape index (κ3) is 8.02. The number of esters is 4. The first kappa shape index (κ1) is 30.4. The molecule has 42 heavy (non-hydrogen) atoms. The van der Waals surface area contributed by atoms with Crippen molar-refractivity contribution in [2.45, 2.75) is 78.3 Å². The van der Waals surface area contributed by atoms with Gasteiger partial charge in [-0.1, -0.05) is 11.3 Å². The lowest BCUT2D eigenvalue weighted by Gasteiger charge is -2.44. The van der Waals surface area contributed by atoms with Crippen molar-refractivity contribution < 1.29 is 52.4 Å². The molecule has 3 heterocycles. The third-order valence-electron chi connectivity index (χ3n) is 6.46. The van der Waals surface area contributed by atoms with Crippen LogP contribution in [0.2, 0.25) is 0 Å². The molecule has 0 radical (unpaired) electrons. The molecule has 0 aliphatic carbocycles. The van der Waals surface area contributed by atoms with Gasteiger partial charge >= 0.3 is 23.9 Å². The summed E-state index contributed by atoms with van der Waals surface area (Å²) in [5.74, 6) is -3.12. The molecule has 1 saturated heterocycles. The molecule has 1 amide bonds. The van der Waals surface area contributed by atoms with Gasteiger partial charge in [-0.3, -0.25) is 28.7 Å². The van der Waals surface area contributed by atoms with E-state index in [1.165, 1.54) is 32.4 Å². The molecule has 2 aromatic rings. The Bertz CT molecular complexity index is 1340. The number of hydrogen-bond acceptors (Lipinski definition) is 13. The topological polar surface area (TPSA) is 183 Å². The van der Waals surface area contributed by atoms with E-state index in [2.05, 4.69) is 15.6 Å². The first-order valence-corrected chi connectivity index (χ1v) is 13.2. The van der Waals surface area contributed by atoms with E-state index in [4.69, 9.17) is 28.4 Å². The molecule has 0 spiro atoms. The number of carbonyl (C=O) groups is 5. The molecule has 1 aromatic heterocycles. The Morgan fingerprint density at radius 1 is 0.976 bits per heavy atom. The lowest BCUT2D eigenvalue weighted by Crippen LogP contribution is -2.60. The number of aromatic nitrogens is 3. The first-order valence-electron chi connectivity index (χ1n) is 13.2. The summed E-state index contributed by atoms with van der Waals surface area (Å²) in [5.41, 5.74) is 2.17. The maximum Gasteiger partial charge on any atom is 0.304 e. The molecule has 226 valence electrons. The van der Waals surface area contributed by atoms with Gasteiger partial charge in [0.15, 0.2) is 12.2 Å². The smallest absolute Gasteiger partial charge is 0.304 e. The monoisotopic (exact) mass is 588 g/mol. The van der Waals surface area contributed by atoms with Crippen LogP contribution in [0.3, 0.4) is 0 Å². The van der Waals surface area contributed by atoms with E-state index in [9.17, 15) is 24.0 Å². The minimum atomic E-state index is -1.28. The number of benzene rings is 1. The van der Waals surface area contributed by atoms with Crippen LogP contribution < -0.4 is 10.1 Å². The van der Waals surface area contributed by atoms with E-state index < -0.39 is 54.4 Å². The molecule has 1 N–H and O–H groups in total.